The zero-order valence-electron chi connectivity index (χ0n) is 16.5. The zero-order chi connectivity index (χ0) is 20.1. The summed E-state index contributed by atoms with van der Waals surface area (Å²) < 4.78 is 12.2. The highest BCUT2D eigenvalue weighted by molar-refractivity contribution is 5.91. The van der Waals surface area contributed by atoms with E-state index in [0.717, 1.165) is 17.0 Å². The maximum atomic E-state index is 12.1. The number of nitrogens with one attached hydrogen (secondary N) is 1. The van der Waals surface area contributed by atoms with Crippen LogP contribution >= 0.6 is 0 Å². The van der Waals surface area contributed by atoms with Crippen LogP contribution in [0.25, 0.3) is 17.1 Å². The van der Waals surface area contributed by atoms with E-state index in [1.165, 1.54) is 7.11 Å². The number of aromatic nitrogens is 3. The Morgan fingerprint density at radius 1 is 1.11 bits per heavy atom. The molecule has 7 heteroatoms. The van der Waals surface area contributed by atoms with E-state index in [1.807, 2.05) is 62.4 Å². The second-order valence-electron chi connectivity index (χ2n) is 6.76. The van der Waals surface area contributed by atoms with Crippen LogP contribution in [0.15, 0.2) is 48.5 Å². The number of nitrogens with zero attached hydrogens (tertiary/aromatic N) is 3. The van der Waals surface area contributed by atoms with Crippen LogP contribution in [0, 0.1) is 5.92 Å². The average molecular weight is 380 g/mol. The van der Waals surface area contributed by atoms with Gasteiger partial charge < -0.3 is 14.8 Å². The molecule has 1 amide bonds. The van der Waals surface area contributed by atoms with E-state index in [2.05, 4.69) is 15.4 Å². The molecule has 0 saturated carbocycles. The molecule has 0 atom stereocenters. The average Bonchev–Trinajstić information content (AvgIpc) is 3.12. The fourth-order valence-corrected chi connectivity index (χ4v) is 2.81. The zero-order valence-corrected chi connectivity index (χ0v) is 16.5. The molecule has 1 N–H and O–H groups in total. The summed E-state index contributed by atoms with van der Waals surface area (Å²) in [6, 6.07) is 15.3. The van der Waals surface area contributed by atoms with Crippen molar-refractivity contribution in [3.05, 3.63) is 48.5 Å². The smallest absolute Gasteiger partial charge is 0.336 e. The van der Waals surface area contributed by atoms with E-state index in [-0.39, 0.29) is 11.9 Å². The summed E-state index contributed by atoms with van der Waals surface area (Å²) in [5.74, 6) is 1.61. The van der Waals surface area contributed by atoms with E-state index in [9.17, 15) is 4.79 Å². The van der Waals surface area contributed by atoms with Crippen LogP contribution in [0.4, 0.5) is 5.69 Å². The third kappa shape index (κ3) is 4.49. The van der Waals surface area contributed by atoms with Crippen LogP contribution in [0.3, 0.4) is 0 Å². The standard InChI is InChI=1S/C21H24N4O3/c1-14(2)11-19(26)22-16-8-6-9-17(13-16)25-20(23-21(24-25)28-4)15-7-5-10-18(12-15)27-3/h5-10,12-14H,11H2,1-4H3,(H,22,26). The molecule has 146 valence electrons. The number of carbonyl (C=O) groups is 1. The summed E-state index contributed by atoms with van der Waals surface area (Å²) in [6.07, 6.45) is 0.469. The van der Waals surface area contributed by atoms with Crippen molar-refractivity contribution in [1.29, 1.82) is 0 Å². The van der Waals surface area contributed by atoms with Crippen molar-refractivity contribution >= 4 is 11.6 Å². The lowest BCUT2D eigenvalue weighted by Gasteiger charge is -2.10. The molecule has 0 aliphatic heterocycles. The lowest BCUT2D eigenvalue weighted by atomic mass is 10.1. The minimum Gasteiger partial charge on any atom is -0.497 e. The Labute approximate surface area is 164 Å². The summed E-state index contributed by atoms with van der Waals surface area (Å²) >= 11 is 0. The van der Waals surface area contributed by atoms with Crippen molar-refractivity contribution < 1.29 is 14.3 Å². The van der Waals surface area contributed by atoms with Gasteiger partial charge in [-0.3, -0.25) is 4.79 Å². The van der Waals surface area contributed by atoms with Crippen molar-refractivity contribution in [3.8, 4) is 28.8 Å². The second-order valence-corrected chi connectivity index (χ2v) is 6.76. The third-order valence-electron chi connectivity index (χ3n) is 4.07. The second kappa shape index (κ2) is 8.56. The van der Waals surface area contributed by atoms with Crippen molar-refractivity contribution in [2.75, 3.05) is 19.5 Å². The molecule has 1 aromatic heterocycles. The molecule has 0 saturated heterocycles. The van der Waals surface area contributed by atoms with Gasteiger partial charge in [-0.2, -0.15) is 4.98 Å². The molecule has 0 bridgehead atoms. The molecule has 0 unspecified atom stereocenters. The van der Waals surface area contributed by atoms with Gasteiger partial charge in [0.15, 0.2) is 5.82 Å². The maximum Gasteiger partial charge on any atom is 0.336 e. The van der Waals surface area contributed by atoms with Crippen molar-refractivity contribution in [2.24, 2.45) is 5.92 Å². The summed E-state index contributed by atoms with van der Waals surface area (Å²) in [6.45, 7) is 4.02. The van der Waals surface area contributed by atoms with Gasteiger partial charge in [0, 0.05) is 17.7 Å². The first-order valence-electron chi connectivity index (χ1n) is 9.06. The van der Waals surface area contributed by atoms with Crippen LogP contribution in [-0.2, 0) is 4.79 Å². The molecule has 28 heavy (non-hydrogen) atoms. The fraction of sp³-hybridized carbons (Fsp3) is 0.286. The Kier molecular flexibility index (Phi) is 5.93. The number of rotatable bonds is 7. The molecular formula is C21H24N4O3. The number of benzene rings is 2. The predicted molar refractivity (Wildman–Crippen MR) is 108 cm³/mol. The van der Waals surface area contributed by atoms with Gasteiger partial charge in [-0.1, -0.05) is 32.0 Å². The maximum absolute atomic E-state index is 12.1. The number of ether oxygens (including phenoxy) is 2. The van der Waals surface area contributed by atoms with Crippen LogP contribution in [0.5, 0.6) is 11.8 Å². The highest BCUT2D eigenvalue weighted by atomic mass is 16.5. The van der Waals surface area contributed by atoms with Gasteiger partial charge in [0.1, 0.15) is 5.75 Å². The summed E-state index contributed by atoms with van der Waals surface area (Å²) in [7, 11) is 3.14. The van der Waals surface area contributed by atoms with Gasteiger partial charge in [-0.25, -0.2) is 4.68 Å². The van der Waals surface area contributed by atoms with Gasteiger partial charge in [-0.05, 0) is 36.2 Å². The number of anilines is 1. The first kappa shape index (κ1) is 19.4. The lowest BCUT2D eigenvalue weighted by Crippen LogP contribution is -2.14. The SMILES string of the molecule is COc1cccc(-c2nc(OC)nn2-c2cccc(NC(=O)CC(C)C)c2)c1. The first-order valence-corrected chi connectivity index (χ1v) is 9.06. The Balaban J connectivity index is 1.98. The van der Waals surface area contributed by atoms with E-state index < -0.39 is 0 Å². The lowest BCUT2D eigenvalue weighted by molar-refractivity contribution is -0.116. The molecular weight excluding hydrogens is 356 g/mol. The highest BCUT2D eigenvalue weighted by Gasteiger charge is 2.15. The summed E-state index contributed by atoms with van der Waals surface area (Å²) in [4.78, 5) is 16.6. The molecule has 0 aliphatic rings. The largest absolute Gasteiger partial charge is 0.497 e. The Morgan fingerprint density at radius 3 is 2.61 bits per heavy atom. The van der Waals surface area contributed by atoms with Gasteiger partial charge in [0.25, 0.3) is 0 Å². The molecule has 7 nitrogen and oxygen atoms in total. The minimum absolute atomic E-state index is 0.0173. The highest BCUT2D eigenvalue weighted by Crippen LogP contribution is 2.27. The normalized spacial score (nSPS) is 10.8. The molecule has 1 heterocycles. The number of carbonyl (C=O) groups excluding carboxylic acids is 1. The Morgan fingerprint density at radius 2 is 1.89 bits per heavy atom. The Bertz CT molecular complexity index is 966. The molecule has 0 spiro atoms. The number of hydrogen-bond donors (Lipinski definition) is 1. The van der Waals surface area contributed by atoms with E-state index in [4.69, 9.17) is 9.47 Å². The van der Waals surface area contributed by atoms with Gasteiger partial charge in [-0.15, -0.1) is 5.10 Å². The van der Waals surface area contributed by atoms with Gasteiger partial charge in [0.05, 0.1) is 19.9 Å². The summed E-state index contributed by atoms with van der Waals surface area (Å²) in [5, 5.41) is 7.36. The first-order chi connectivity index (χ1) is 13.5. The number of hydrogen-bond acceptors (Lipinski definition) is 5. The fourth-order valence-electron chi connectivity index (χ4n) is 2.81. The van der Waals surface area contributed by atoms with E-state index in [1.54, 1.807) is 11.8 Å². The van der Waals surface area contributed by atoms with Crippen LogP contribution < -0.4 is 14.8 Å². The molecule has 2 aromatic carbocycles. The van der Waals surface area contributed by atoms with Crippen LogP contribution in [-0.4, -0.2) is 34.9 Å². The van der Waals surface area contributed by atoms with Crippen molar-refractivity contribution in [1.82, 2.24) is 14.8 Å². The Hall–Kier alpha value is -3.35. The molecule has 0 radical (unpaired) electrons. The van der Waals surface area contributed by atoms with Gasteiger partial charge in [0.2, 0.25) is 5.91 Å². The number of amides is 1. The monoisotopic (exact) mass is 380 g/mol. The minimum atomic E-state index is -0.0173. The molecule has 3 aromatic rings. The predicted octanol–water partition coefficient (Wildman–Crippen LogP) is 3.94. The molecule has 0 aliphatic carbocycles. The number of methoxy groups -OCH3 is 2. The third-order valence-corrected chi connectivity index (χ3v) is 4.07. The van der Waals surface area contributed by atoms with E-state index >= 15 is 0 Å². The molecule has 3 rings (SSSR count). The topological polar surface area (TPSA) is 78.3 Å². The quantitative estimate of drug-likeness (QED) is 0.672. The van der Waals surface area contributed by atoms with E-state index in [0.29, 0.717) is 23.9 Å². The van der Waals surface area contributed by atoms with Crippen molar-refractivity contribution in [3.63, 3.8) is 0 Å². The van der Waals surface area contributed by atoms with Crippen LogP contribution in [0.2, 0.25) is 0 Å². The van der Waals surface area contributed by atoms with Gasteiger partial charge >= 0.3 is 6.01 Å². The van der Waals surface area contributed by atoms with Crippen LogP contribution in [0.1, 0.15) is 20.3 Å². The molecule has 0 fully saturated rings. The van der Waals surface area contributed by atoms with Crippen molar-refractivity contribution in [2.45, 2.75) is 20.3 Å². The summed E-state index contributed by atoms with van der Waals surface area (Å²) in [5.41, 5.74) is 2.30.